The Morgan fingerprint density at radius 2 is 0.808 bits per heavy atom. The number of benzene rings is 1. The van der Waals surface area contributed by atoms with Crippen LogP contribution in [-0.4, -0.2) is 33.3 Å². The Morgan fingerprint density at radius 1 is 0.538 bits per heavy atom. The van der Waals surface area contributed by atoms with Gasteiger partial charge < -0.3 is 10.2 Å². The van der Waals surface area contributed by atoms with Crippen molar-refractivity contribution in [2.75, 3.05) is 0 Å². The Bertz CT molecular complexity index is 980. The molecule has 0 amide bonds. The van der Waals surface area contributed by atoms with Crippen molar-refractivity contribution >= 4 is 23.1 Å². The smallest absolute Gasteiger partial charge is 0.183 e. The van der Waals surface area contributed by atoms with Crippen molar-refractivity contribution in [3.8, 4) is 11.5 Å². The highest BCUT2D eigenvalue weighted by Crippen LogP contribution is 2.61. The van der Waals surface area contributed by atoms with Crippen LogP contribution in [0.15, 0.2) is 58.7 Å². The summed E-state index contributed by atoms with van der Waals surface area (Å²) in [6.07, 6.45) is 4.53. The molecule has 0 heterocycles. The molecule has 5 aliphatic carbocycles. The minimum atomic E-state index is -1.05. The first-order valence-corrected chi connectivity index (χ1v) is 7.98. The lowest BCUT2D eigenvalue weighted by atomic mass is 9.56. The summed E-state index contributed by atoms with van der Waals surface area (Å²) in [5.41, 5.74) is 0.829. The molecular formula is C20H10O6. The molecule has 0 spiro atoms. The maximum Gasteiger partial charge on any atom is 0.183 e. The predicted molar refractivity (Wildman–Crippen MR) is 87.6 cm³/mol. The van der Waals surface area contributed by atoms with Gasteiger partial charge in [0.15, 0.2) is 23.1 Å². The van der Waals surface area contributed by atoms with E-state index in [0.717, 1.165) is 24.3 Å². The standard InChI is InChI=1S/C20H10O6/c21-7-1-2-8(22)14-13(7)19-15-9(23)3-5-11(25)17(15)20(14)18-12(26)6-4-10(24)16(18)19/h1-6,19-22H. The Morgan fingerprint density at radius 3 is 1.08 bits per heavy atom. The fourth-order valence-corrected chi connectivity index (χ4v) is 4.47. The van der Waals surface area contributed by atoms with Gasteiger partial charge in [-0.3, -0.25) is 19.2 Å². The number of allylic oxidation sites excluding steroid dienone is 8. The maximum absolute atomic E-state index is 12.6. The number of phenols is 2. The highest BCUT2D eigenvalue weighted by Gasteiger charge is 2.54. The molecule has 0 saturated carbocycles. The number of ketones is 4. The van der Waals surface area contributed by atoms with Crippen LogP contribution in [0.25, 0.3) is 0 Å². The highest BCUT2D eigenvalue weighted by molar-refractivity contribution is 6.29. The van der Waals surface area contributed by atoms with Crippen molar-refractivity contribution < 1.29 is 29.4 Å². The molecule has 0 aliphatic heterocycles. The molecule has 2 bridgehead atoms. The lowest BCUT2D eigenvalue weighted by Crippen LogP contribution is -2.40. The van der Waals surface area contributed by atoms with Gasteiger partial charge in [0, 0.05) is 45.3 Å². The van der Waals surface area contributed by atoms with E-state index in [1.165, 1.54) is 12.1 Å². The average molecular weight is 346 g/mol. The van der Waals surface area contributed by atoms with Crippen LogP contribution in [0.1, 0.15) is 23.0 Å². The summed E-state index contributed by atoms with van der Waals surface area (Å²) < 4.78 is 0. The van der Waals surface area contributed by atoms with Crippen LogP contribution in [0.5, 0.6) is 11.5 Å². The number of hydrogen-bond donors (Lipinski definition) is 2. The first-order valence-electron chi connectivity index (χ1n) is 7.98. The summed E-state index contributed by atoms with van der Waals surface area (Å²) in [5.74, 6) is -4.25. The number of hydrogen-bond acceptors (Lipinski definition) is 6. The van der Waals surface area contributed by atoms with Gasteiger partial charge in [-0.25, -0.2) is 0 Å². The first-order chi connectivity index (χ1) is 12.4. The molecular weight excluding hydrogens is 336 g/mol. The fraction of sp³-hybridized carbons (Fsp3) is 0.100. The van der Waals surface area contributed by atoms with E-state index >= 15 is 0 Å². The second kappa shape index (κ2) is 4.54. The summed E-state index contributed by atoms with van der Waals surface area (Å²) in [5, 5.41) is 20.8. The molecule has 1 aromatic rings. The fourth-order valence-electron chi connectivity index (χ4n) is 4.47. The number of rotatable bonds is 0. The third-order valence-corrected chi connectivity index (χ3v) is 5.39. The van der Waals surface area contributed by atoms with E-state index in [4.69, 9.17) is 0 Å². The predicted octanol–water partition coefficient (Wildman–Crippen LogP) is 1.30. The van der Waals surface area contributed by atoms with Gasteiger partial charge in [0.1, 0.15) is 11.5 Å². The molecule has 6 rings (SSSR count). The zero-order valence-corrected chi connectivity index (χ0v) is 13.1. The topological polar surface area (TPSA) is 109 Å². The normalized spacial score (nSPS) is 25.7. The van der Waals surface area contributed by atoms with Crippen LogP contribution in [0.4, 0.5) is 0 Å². The van der Waals surface area contributed by atoms with Crippen molar-refractivity contribution in [3.63, 3.8) is 0 Å². The second-order valence-corrected chi connectivity index (χ2v) is 6.58. The quantitative estimate of drug-likeness (QED) is 0.541. The Balaban J connectivity index is 1.94. The summed E-state index contributed by atoms with van der Waals surface area (Å²) in [4.78, 5) is 50.2. The van der Waals surface area contributed by atoms with E-state index in [2.05, 4.69) is 0 Å². The monoisotopic (exact) mass is 346 g/mol. The third kappa shape index (κ3) is 1.52. The van der Waals surface area contributed by atoms with Gasteiger partial charge in [0.2, 0.25) is 0 Å². The van der Waals surface area contributed by atoms with Gasteiger partial charge in [-0.15, -0.1) is 0 Å². The number of carbonyl (C=O) groups is 4. The van der Waals surface area contributed by atoms with Gasteiger partial charge in [-0.05, 0) is 36.4 Å². The number of carbonyl (C=O) groups excluding carboxylic acids is 4. The molecule has 6 heteroatoms. The van der Waals surface area contributed by atoms with Gasteiger partial charge in [-0.1, -0.05) is 0 Å². The lowest BCUT2D eigenvalue weighted by Gasteiger charge is -2.44. The van der Waals surface area contributed by atoms with E-state index < -0.39 is 35.0 Å². The second-order valence-electron chi connectivity index (χ2n) is 6.58. The van der Waals surface area contributed by atoms with Crippen LogP contribution in [-0.2, 0) is 19.2 Å². The molecule has 5 aliphatic rings. The van der Waals surface area contributed by atoms with Gasteiger partial charge >= 0.3 is 0 Å². The maximum atomic E-state index is 12.6. The molecule has 26 heavy (non-hydrogen) atoms. The number of phenolic OH excluding ortho intramolecular Hbond substituents is 2. The van der Waals surface area contributed by atoms with Crippen LogP contribution >= 0.6 is 0 Å². The van der Waals surface area contributed by atoms with E-state index in [-0.39, 0.29) is 44.9 Å². The molecule has 2 N–H and O–H groups in total. The molecule has 6 nitrogen and oxygen atoms in total. The van der Waals surface area contributed by atoms with Crippen LogP contribution in [0.3, 0.4) is 0 Å². The van der Waals surface area contributed by atoms with Crippen molar-refractivity contribution in [2.24, 2.45) is 0 Å². The van der Waals surface area contributed by atoms with Gasteiger partial charge in [-0.2, -0.15) is 0 Å². The Labute approximate surface area is 146 Å². The van der Waals surface area contributed by atoms with Crippen LogP contribution in [0, 0.1) is 0 Å². The van der Waals surface area contributed by atoms with Crippen LogP contribution < -0.4 is 0 Å². The van der Waals surface area contributed by atoms with Gasteiger partial charge in [0.05, 0.1) is 0 Å². The Hall–Kier alpha value is -3.54. The van der Waals surface area contributed by atoms with Crippen molar-refractivity contribution in [2.45, 2.75) is 11.8 Å². The molecule has 0 aromatic heterocycles. The van der Waals surface area contributed by atoms with Crippen molar-refractivity contribution in [1.29, 1.82) is 0 Å². The molecule has 0 atom stereocenters. The molecule has 1 aromatic carbocycles. The zero-order valence-electron chi connectivity index (χ0n) is 13.1. The van der Waals surface area contributed by atoms with Crippen molar-refractivity contribution in [1.82, 2.24) is 0 Å². The molecule has 0 radical (unpaired) electrons. The SMILES string of the molecule is O=C1C=CC(=O)C2=C1C1C3=C(C(=O)C=CC3=O)C2c2c(O)ccc(O)c21. The third-order valence-electron chi connectivity index (χ3n) is 5.39. The summed E-state index contributed by atoms with van der Waals surface area (Å²) in [6, 6.07) is 2.54. The lowest BCUT2D eigenvalue weighted by molar-refractivity contribution is -0.117. The molecule has 0 unspecified atom stereocenters. The minimum absolute atomic E-state index is 0.103. The van der Waals surface area contributed by atoms with Crippen LogP contribution in [0.2, 0.25) is 0 Å². The average Bonchev–Trinajstić information content (AvgIpc) is 2.63. The largest absolute Gasteiger partial charge is 0.508 e. The number of aromatic hydroxyl groups is 2. The summed E-state index contributed by atoms with van der Waals surface area (Å²) in [7, 11) is 0. The van der Waals surface area contributed by atoms with E-state index in [9.17, 15) is 29.4 Å². The Kier molecular flexibility index (Phi) is 2.58. The summed E-state index contributed by atoms with van der Waals surface area (Å²) >= 11 is 0. The highest BCUT2D eigenvalue weighted by atomic mass is 16.3. The van der Waals surface area contributed by atoms with Crippen molar-refractivity contribution in [3.05, 3.63) is 69.9 Å². The molecule has 126 valence electrons. The van der Waals surface area contributed by atoms with E-state index in [1.54, 1.807) is 0 Å². The first kappa shape index (κ1) is 14.8. The summed E-state index contributed by atoms with van der Waals surface area (Å²) in [6.45, 7) is 0. The molecule has 0 saturated heterocycles. The zero-order chi connectivity index (χ0) is 18.3. The van der Waals surface area contributed by atoms with E-state index in [0.29, 0.717) is 0 Å². The van der Waals surface area contributed by atoms with Gasteiger partial charge in [0.25, 0.3) is 0 Å². The minimum Gasteiger partial charge on any atom is -0.508 e. The van der Waals surface area contributed by atoms with E-state index in [1.807, 2.05) is 0 Å². The molecule has 0 fully saturated rings.